The lowest BCUT2D eigenvalue weighted by Crippen LogP contribution is -2.54. The predicted octanol–water partition coefficient (Wildman–Crippen LogP) is 1.33. The fraction of sp³-hybridized carbons (Fsp3) is 0.438. The van der Waals surface area contributed by atoms with E-state index < -0.39 is 103 Å². The number of benzene rings is 2. The molecule has 2 aromatic heterocycles. The first-order chi connectivity index (χ1) is 32.7. The summed E-state index contributed by atoms with van der Waals surface area (Å²) in [6, 6.07) is 9.74. The molecule has 3 aliphatic rings. The van der Waals surface area contributed by atoms with Crippen LogP contribution in [-0.2, 0) is 74.6 Å². The molecule has 0 unspecified atom stereocenters. The molecule has 0 radical (unpaired) electrons. The molecule has 21 heteroatoms. The minimum Gasteiger partial charge on any atom is -0.458 e. The normalized spacial score (nSPS) is 17.1. The van der Waals surface area contributed by atoms with Crippen molar-refractivity contribution in [2.24, 2.45) is 5.73 Å². The Morgan fingerprint density at radius 2 is 1.75 bits per heavy atom. The lowest BCUT2D eigenvalue weighted by atomic mass is 9.81. The van der Waals surface area contributed by atoms with Gasteiger partial charge in [0.2, 0.25) is 29.5 Å². The van der Waals surface area contributed by atoms with Gasteiger partial charge in [-0.1, -0.05) is 37.3 Å². The van der Waals surface area contributed by atoms with Crippen molar-refractivity contribution in [3.63, 3.8) is 0 Å². The monoisotopic (exact) mass is 954 g/mol. The zero-order chi connectivity index (χ0) is 49.9. The molecule has 2 aromatic carbocycles. The van der Waals surface area contributed by atoms with Gasteiger partial charge in [0.15, 0.2) is 5.60 Å². The van der Waals surface area contributed by atoms with E-state index in [-0.39, 0.29) is 50.3 Å². The number of pyridine rings is 2. The lowest BCUT2D eigenvalue weighted by Gasteiger charge is -2.31. The fourth-order valence-electron chi connectivity index (χ4n) is 8.95. The largest absolute Gasteiger partial charge is 0.458 e. The molecular weight excluding hydrogens is 900 g/mol. The minimum absolute atomic E-state index is 0.00215. The Kier molecular flexibility index (Phi) is 14.5. The number of hydrogen-bond acceptors (Lipinski definition) is 13. The number of hydrogen-bond donors (Lipinski definition) is 6. The highest BCUT2D eigenvalue weighted by Gasteiger charge is 2.46. The molecule has 6 amide bonds. The number of rotatable bonds is 17. The van der Waals surface area contributed by atoms with Crippen molar-refractivity contribution < 1.29 is 57.3 Å². The van der Waals surface area contributed by atoms with Crippen LogP contribution in [-0.4, -0.2) is 112 Å². The third kappa shape index (κ3) is 10.7. The third-order valence-electron chi connectivity index (χ3n) is 12.3. The molecule has 3 atom stereocenters. The standard InChI is InChI=1S/C48H55FN8O12/c1-6-48(66)30-17-35-42-28(21-57(35)43(62)29(30)23-68-45(48)64)41-32(13-12-27-25(2)31(49)18-33(55-42)40(27)41)53-39(61)24-67-15-14-56(22-36(50)58)44(63)34(16-26-10-8-7-9-11-26)54-38(60)20-51-37(59)19-52-46(65)69-47(3,4)5/h7-11,17-18,32,34,66H,6,12-16,19-24H2,1-5H3,(H2,50,58)(H,51,59)(H,52,65)(H,53,61)(H,54,60)/t32-,34-,48-/m0/s1. The lowest BCUT2D eigenvalue weighted by molar-refractivity contribution is -0.172. The molecule has 4 heterocycles. The van der Waals surface area contributed by atoms with E-state index in [2.05, 4.69) is 21.3 Å². The number of halogens is 1. The topological polar surface area (TPSA) is 280 Å². The van der Waals surface area contributed by atoms with Gasteiger partial charge in [0, 0.05) is 35.5 Å². The Bertz CT molecular complexity index is 2810. The number of nitrogens with zero attached hydrogens (tertiary/aromatic N) is 3. The van der Waals surface area contributed by atoms with Crippen LogP contribution < -0.4 is 32.6 Å². The molecule has 4 aromatic rings. The molecule has 0 saturated carbocycles. The summed E-state index contributed by atoms with van der Waals surface area (Å²) >= 11 is 0. The predicted molar refractivity (Wildman–Crippen MR) is 244 cm³/mol. The van der Waals surface area contributed by atoms with Crippen molar-refractivity contribution in [3.05, 3.63) is 97.6 Å². The quantitative estimate of drug-likeness (QED) is 0.0568. The van der Waals surface area contributed by atoms with Crippen molar-refractivity contribution >= 4 is 52.5 Å². The Hall–Kier alpha value is -7.26. The number of ether oxygens (including phenoxy) is 3. The highest BCUT2D eigenvalue weighted by Crippen LogP contribution is 2.46. The van der Waals surface area contributed by atoms with Crippen LogP contribution in [0.3, 0.4) is 0 Å². The van der Waals surface area contributed by atoms with Gasteiger partial charge in [-0.3, -0.25) is 28.8 Å². The fourth-order valence-corrected chi connectivity index (χ4v) is 8.95. The number of carbonyl (C=O) groups excluding carboxylic acids is 7. The van der Waals surface area contributed by atoms with E-state index in [1.54, 1.807) is 71.0 Å². The number of aliphatic hydroxyl groups is 1. The summed E-state index contributed by atoms with van der Waals surface area (Å²) in [5.74, 6) is -4.87. The van der Waals surface area contributed by atoms with Crippen molar-refractivity contribution in [1.82, 2.24) is 35.7 Å². The van der Waals surface area contributed by atoms with Crippen LogP contribution in [0.1, 0.15) is 85.5 Å². The van der Waals surface area contributed by atoms with E-state index >= 15 is 4.39 Å². The Morgan fingerprint density at radius 1 is 1.03 bits per heavy atom. The van der Waals surface area contributed by atoms with Gasteiger partial charge in [0.1, 0.15) is 37.2 Å². The number of nitrogens with one attached hydrogen (secondary N) is 4. The summed E-state index contributed by atoms with van der Waals surface area (Å²) < 4.78 is 32.9. The summed E-state index contributed by atoms with van der Waals surface area (Å²) in [4.78, 5) is 110. The molecule has 1 aliphatic carbocycles. The number of amides is 6. The Morgan fingerprint density at radius 3 is 2.45 bits per heavy atom. The van der Waals surface area contributed by atoms with E-state index in [1.807, 2.05) is 0 Å². The SMILES string of the molecule is CC[C@@]1(O)C(=O)OCc2c1cc1n(c2=O)Cc2c-1nc1cc(F)c(C)c3c1c2[C@@H](NC(=O)COCCN(CC(N)=O)C(=O)[C@H](Cc1ccccc1)NC(=O)CNC(=O)CNC(=O)OC(C)(C)C)CC3. The summed E-state index contributed by atoms with van der Waals surface area (Å²) in [7, 11) is 0. The van der Waals surface area contributed by atoms with Crippen LogP contribution in [0.4, 0.5) is 9.18 Å². The van der Waals surface area contributed by atoms with Crippen LogP contribution >= 0.6 is 0 Å². The first kappa shape index (κ1) is 49.6. The Labute approximate surface area is 395 Å². The van der Waals surface area contributed by atoms with Crippen LogP contribution in [0.25, 0.3) is 22.3 Å². The van der Waals surface area contributed by atoms with Gasteiger partial charge in [0.05, 0.1) is 54.8 Å². The molecule has 366 valence electrons. The molecule has 2 aliphatic heterocycles. The van der Waals surface area contributed by atoms with E-state index in [9.17, 15) is 43.5 Å². The average molecular weight is 955 g/mol. The number of fused-ring (bicyclic) bond motifs is 5. The Balaban J connectivity index is 1.04. The highest BCUT2D eigenvalue weighted by atomic mass is 19.1. The zero-order valence-electron chi connectivity index (χ0n) is 38.9. The van der Waals surface area contributed by atoms with Crippen LogP contribution in [0.15, 0.2) is 47.3 Å². The summed E-state index contributed by atoms with van der Waals surface area (Å²) in [5.41, 5.74) is 6.53. The molecule has 0 bridgehead atoms. The van der Waals surface area contributed by atoms with Gasteiger partial charge in [-0.15, -0.1) is 0 Å². The maximum atomic E-state index is 15.4. The van der Waals surface area contributed by atoms with E-state index in [1.165, 1.54) is 10.6 Å². The van der Waals surface area contributed by atoms with E-state index in [0.717, 1.165) is 10.5 Å². The number of aromatic nitrogens is 2. The van der Waals surface area contributed by atoms with E-state index in [4.69, 9.17) is 24.9 Å². The maximum Gasteiger partial charge on any atom is 0.408 e. The van der Waals surface area contributed by atoms with Gasteiger partial charge >= 0.3 is 12.1 Å². The van der Waals surface area contributed by atoms with Crippen LogP contribution in [0, 0.1) is 12.7 Å². The zero-order valence-corrected chi connectivity index (χ0v) is 38.9. The van der Waals surface area contributed by atoms with Gasteiger partial charge in [-0.2, -0.15) is 0 Å². The molecule has 7 rings (SSSR count). The second-order valence-corrected chi connectivity index (χ2v) is 18.2. The van der Waals surface area contributed by atoms with Crippen molar-refractivity contribution in [2.45, 2.75) is 96.7 Å². The summed E-state index contributed by atoms with van der Waals surface area (Å²) in [6.45, 7) is 5.45. The second kappa shape index (κ2) is 20.1. The number of cyclic esters (lactones) is 1. The maximum absolute atomic E-state index is 15.4. The minimum atomic E-state index is -2.06. The van der Waals surface area contributed by atoms with Gasteiger partial charge in [-0.25, -0.2) is 19.0 Å². The molecule has 7 N–H and O–H groups in total. The molecule has 0 spiro atoms. The highest BCUT2D eigenvalue weighted by molar-refractivity contribution is 5.95. The number of carbonyl (C=O) groups is 7. The van der Waals surface area contributed by atoms with Crippen molar-refractivity contribution in [3.8, 4) is 11.4 Å². The number of esters is 1. The van der Waals surface area contributed by atoms with Gasteiger partial charge < -0.3 is 55.8 Å². The molecule has 20 nitrogen and oxygen atoms in total. The second-order valence-electron chi connectivity index (χ2n) is 18.2. The number of nitrogens with two attached hydrogens (primary N) is 1. The molecule has 0 saturated heterocycles. The van der Waals surface area contributed by atoms with Gasteiger partial charge in [0.25, 0.3) is 5.56 Å². The smallest absolute Gasteiger partial charge is 0.408 e. The number of alkyl carbamates (subject to hydrolysis) is 1. The third-order valence-corrected chi connectivity index (χ3v) is 12.3. The van der Waals surface area contributed by atoms with Crippen molar-refractivity contribution in [1.29, 1.82) is 0 Å². The van der Waals surface area contributed by atoms with Crippen molar-refractivity contribution in [2.75, 3.05) is 39.4 Å². The first-order valence-electron chi connectivity index (χ1n) is 22.5. The number of primary amides is 1. The van der Waals surface area contributed by atoms with Crippen LogP contribution in [0.5, 0.6) is 0 Å². The molecule has 0 fully saturated rings. The summed E-state index contributed by atoms with van der Waals surface area (Å²) in [6.07, 6.45) is -0.127. The number of aryl methyl sites for hydroxylation is 1. The molecular formula is C48H55FN8O12. The molecule has 69 heavy (non-hydrogen) atoms. The van der Waals surface area contributed by atoms with Crippen LogP contribution in [0.2, 0.25) is 0 Å². The summed E-state index contributed by atoms with van der Waals surface area (Å²) in [5, 5.41) is 22.3. The van der Waals surface area contributed by atoms with Gasteiger partial charge in [-0.05, 0) is 75.3 Å². The van der Waals surface area contributed by atoms with E-state index in [0.29, 0.717) is 57.4 Å². The first-order valence-corrected chi connectivity index (χ1v) is 22.5. The average Bonchev–Trinajstić information content (AvgIpc) is 3.67.